The highest BCUT2D eigenvalue weighted by Gasteiger charge is 2.35. The van der Waals surface area contributed by atoms with Gasteiger partial charge in [-0.15, -0.1) is 0 Å². The van der Waals surface area contributed by atoms with E-state index in [1.165, 1.54) is 11.3 Å². The van der Waals surface area contributed by atoms with Crippen LogP contribution in [0.1, 0.15) is 80.2 Å². The molecule has 3 atom stereocenters. The second kappa shape index (κ2) is 9.41. The third-order valence-electron chi connectivity index (χ3n) is 7.63. The number of anilines is 1. The summed E-state index contributed by atoms with van der Waals surface area (Å²) in [6, 6.07) is 4.45. The Balaban J connectivity index is 1.74. The van der Waals surface area contributed by atoms with E-state index < -0.39 is 17.9 Å². The maximum atomic E-state index is 12.2. The van der Waals surface area contributed by atoms with Crippen molar-refractivity contribution in [3.8, 4) is 5.69 Å². The molecule has 1 amide bonds. The molecule has 1 aromatic heterocycles. The fraction of sp³-hybridized carbons (Fsp3) is 0.577. The largest absolute Gasteiger partial charge is 0.480 e. The first kappa shape index (κ1) is 24.3. The number of carboxylic acids is 1. The van der Waals surface area contributed by atoms with E-state index in [0.29, 0.717) is 11.3 Å². The Bertz CT molecular complexity index is 1090. The van der Waals surface area contributed by atoms with E-state index in [2.05, 4.69) is 26.1 Å². The van der Waals surface area contributed by atoms with E-state index in [0.717, 1.165) is 62.7 Å². The Kier molecular flexibility index (Phi) is 6.71. The average Bonchev–Trinajstić information content (AvgIpc) is 3.15. The van der Waals surface area contributed by atoms with Gasteiger partial charge in [-0.3, -0.25) is 9.59 Å². The van der Waals surface area contributed by atoms with Gasteiger partial charge in [0.2, 0.25) is 0 Å². The van der Waals surface area contributed by atoms with Gasteiger partial charge in [0.15, 0.2) is 0 Å². The third-order valence-corrected chi connectivity index (χ3v) is 7.63. The number of hydrogen-bond acceptors (Lipinski definition) is 5. The summed E-state index contributed by atoms with van der Waals surface area (Å²) in [7, 11) is 0. The summed E-state index contributed by atoms with van der Waals surface area (Å²) in [4.78, 5) is 23.8. The molecule has 1 saturated carbocycles. The molecule has 0 aliphatic heterocycles. The van der Waals surface area contributed by atoms with Crippen molar-refractivity contribution in [3.63, 3.8) is 0 Å². The summed E-state index contributed by atoms with van der Waals surface area (Å²) >= 11 is 0. The monoisotopic (exact) mass is 467 g/mol. The van der Waals surface area contributed by atoms with Gasteiger partial charge in [-0.1, -0.05) is 33.6 Å². The number of benzene rings is 1. The molecule has 2 aliphatic carbocycles. The highest BCUT2D eigenvalue weighted by molar-refractivity contribution is 5.99. The third kappa shape index (κ3) is 4.69. The molecular formula is C26H37N5O3. The first-order valence-corrected chi connectivity index (χ1v) is 12.4. The summed E-state index contributed by atoms with van der Waals surface area (Å²) in [6.07, 6.45) is 7.42. The second-order valence-corrected chi connectivity index (χ2v) is 10.6. The normalized spacial score (nSPS) is 22.6. The summed E-state index contributed by atoms with van der Waals surface area (Å²) in [5.41, 5.74) is 17.5. The highest BCUT2D eigenvalue weighted by Crippen LogP contribution is 2.38. The van der Waals surface area contributed by atoms with E-state index in [4.69, 9.17) is 16.6 Å². The smallest absolute Gasteiger partial charge is 0.320 e. The Morgan fingerprint density at radius 3 is 2.71 bits per heavy atom. The number of aliphatic carboxylic acids is 1. The van der Waals surface area contributed by atoms with Crippen LogP contribution in [0.5, 0.6) is 0 Å². The lowest BCUT2D eigenvalue weighted by molar-refractivity contribution is -0.140. The quantitative estimate of drug-likeness (QED) is 0.492. The van der Waals surface area contributed by atoms with Crippen molar-refractivity contribution in [2.45, 2.75) is 84.2 Å². The molecule has 0 bridgehead atoms. The minimum Gasteiger partial charge on any atom is -0.480 e. The van der Waals surface area contributed by atoms with Crippen LogP contribution < -0.4 is 16.8 Å². The van der Waals surface area contributed by atoms with Crippen LogP contribution in [0.2, 0.25) is 0 Å². The van der Waals surface area contributed by atoms with Crippen molar-refractivity contribution in [1.29, 1.82) is 0 Å². The SMILES string of the molecule is CCc1nn(-c2ccc(C(N)=O)c(NC3CCCC[C@H]3[C@H](N)C(=O)O)c2)c2c1CCC(C)(C)C2. The van der Waals surface area contributed by atoms with Crippen molar-refractivity contribution in [2.75, 3.05) is 5.32 Å². The second-order valence-electron chi connectivity index (χ2n) is 10.6. The van der Waals surface area contributed by atoms with Crippen molar-refractivity contribution in [2.24, 2.45) is 22.8 Å². The number of carboxylic acid groups (broad SMARTS) is 1. The van der Waals surface area contributed by atoms with Crippen molar-refractivity contribution >= 4 is 17.6 Å². The summed E-state index contributed by atoms with van der Waals surface area (Å²) in [5.74, 6) is -1.75. The van der Waals surface area contributed by atoms with E-state index in [9.17, 15) is 14.7 Å². The van der Waals surface area contributed by atoms with Crippen LogP contribution >= 0.6 is 0 Å². The first-order valence-electron chi connectivity index (χ1n) is 12.4. The molecule has 34 heavy (non-hydrogen) atoms. The van der Waals surface area contributed by atoms with Gasteiger partial charge in [0.05, 0.1) is 16.9 Å². The predicted octanol–water partition coefficient (Wildman–Crippen LogP) is 3.43. The molecule has 8 heteroatoms. The maximum absolute atomic E-state index is 12.2. The van der Waals surface area contributed by atoms with Crippen LogP contribution in [0, 0.1) is 11.3 Å². The van der Waals surface area contributed by atoms with Gasteiger partial charge in [0.1, 0.15) is 6.04 Å². The van der Waals surface area contributed by atoms with Gasteiger partial charge in [0.25, 0.3) is 5.91 Å². The predicted molar refractivity (Wildman–Crippen MR) is 132 cm³/mol. The number of primary amides is 1. The van der Waals surface area contributed by atoms with Crippen LogP contribution in [0.3, 0.4) is 0 Å². The summed E-state index contributed by atoms with van der Waals surface area (Å²) in [5, 5.41) is 17.9. The Morgan fingerprint density at radius 2 is 2.03 bits per heavy atom. The molecule has 0 saturated heterocycles. The van der Waals surface area contributed by atoms with Crippen molar-refractivity contribution < 1.29 is 14.7 Å². The number of rotatable bonds is 7. The standard InChI is InChI=1S/C26H37N5O3/c1-4-19-16-11-12-26(2,3)14-22(16)31(30-19)15-9-10-18(24(28)32)21(13-15)29-20-8-6-5-7-17(20)23(27)25(33)34/h9-10,13,17,20,23,29H,4-8,11-12,14,27H2,1-3H3,(H2,28,32)(H,33,34)/t17-,20?,23+/m1/s1. The summed E-state index contributed by atoms with van der Waals surface area (Å²) < 4.78 is 2.02. The van der Waals surface area contributed by atoms with Crippen molar-refractivity contribution in [1.82, 2.24) is 9.78 Å². The molecule has 2 aromatic rings. The molecule has 1 fully saturated rings. The molecule has 184 valence electrons. The molecule has 6 N–H and O–H groups in total. The number of nitrogens with one attached hydrogen (secondary N) is 1. The van der Waals surface area contributed by atoms with E-state index in [-0.39, 0.29) is 17.4 Å². The average molecular weight is 468 g/mol. The molecule has 1 aromatic carbocycles. The van der Waals surface area contributed by atoms with Crippen LogP contribution in [-0.2, 0) is 24.1 Å². The Labute approximate surface area is 201 Å². The Morgan fingerprint density at radius 1 is 1.29 bits per heavy atom. The number of hydrogen-bond donors (Lipinski definition) is 4. The van der Waals surface area contributed by atoms with Gasteiger partial charge >= 0.3 is 5.97 Å². The van der Waals surface area contributed by atoms with Gasteiger partial charge in [-0.25, -0.2) is 4.68 Å². The maximum Gasteiger partial charge on any atom is 0.320 e. The number of carbonyl (C=O) groups excluding carboxylic acids is 1. The molecular weight excluding hydrogens is 430 g/mol. The lowest BCUT2D eigenvalue weighted by Crippen LogP contribution is -2.48. The van der Waals surface area contributed by atoms with Crippen LogP contribution in [0.25, 0.3) is 5.69 Å². The van der Waals surface area contributed by atoms with Crippen LogP contribution in [0.15, 0.2) is 18.2 Å². The molecule has 8 nitrogen and oxygen atoms in total. The van der Waals surface area contributed by atoms with Crippen LogP contribution in [-0.4, -0.2) is 38.8 Å². The molecule has 4 rings (SSSR count). The van der Waals surface area contributed by atoms with Gasteiger partial charge in [-0.2, -0.15) is 5.10 Å². The minimum atomic E-state index is -1.000. The first-order chi connectivity index (χ1) is 16.1. The molecule has 0 spiro atoms. The van der Waals surface area contributed by atoms with E-state index in [1.807, 2.05) is 16.8 Å². The fourth-order valence-electron chi connectivity index (χ4n) is 5.66. The number of aryl methyl sites for hydroxylation is 1. The molecule has 1 unspecified atom stereocenters. The highest BCUT2D eigenvalue weighted by atomic mass is 16.4. The number of amides is 1. The van der Waals surface area contributed by atoms with Gasteiger partial charge in [0, 0.05) is 23.3 Å². The number of nitrogens with zero attached hydrogens (tertiary/aromatic N) is 2. The van der Waals surface area contributed by atoms with Gasteiger partial charge in [-0.05, 0) is 67.7 Å². The summed E-state index contributed by atoms with van der Waals surface area (Å²) in [6.45, 7) is 6.71. The number of fused-ring (bicyclic) bond motifs is 1. The van der Waals surface area contributed by atoms with E-state index in [1.54, 1.807) is 6.07 Å². The van der Waals surface area contributed by atoms with E-state index >= 15 is 0 Å². The molecule has 0 radical (unpaired) electrons. The fourth-order valence-corrected chi connectivity index (χ4v) is 5.66. The number of aromatic nitrogens is 2. The zero-order chi connectivity index (χ0) is 24.6. The van der Waals surface area contributed by atoms with Crippen LogP contribution in [0.4, 0.5) is 5.69 Å². The number of carbonyl (C=O) groups is 2. The van der Waals surface area contributed by atoms with Crippen molar-refractivity contribution in [3.05, 3.63) is 40.7 Å². The number of nitrogens with two attached hydrogens (primary N) is 2. The molecule has 1 heterocycles. The molecule has 2 aliphatic rings. The Hall–Kier alpha value is -2.87. The zero-order valence-electron chi connectivity index (χ0n) is 20.4. The topological polar surface area (TPSA) is 136 Å². The zero-order valence-corrected chi connectivity index (χ0v) is 20.4. The lowest BCUT2D eigenvalue weighted by Gasteiger charge is -2.35. The minimum absolute atomic E-state index is 0.148. The van der Waals surface area contributed by atoms with Gasteiger partial charge < -0.3 is 21.9 Å². The lowest BCUT2D eigenvalue weighted by atomic mass is 9.76.